The van der Waals surface area contributed by atoms with Crippen LogP contribution in [0.5, 0.6) is 5.75 Å². The van der Waals surface area contributed by atoms with Crippen molar-refractivity contribution in [2.45, 2.75) is 37.1 Å². The van der Waals surface area contributed by atoms with Crippen molar-refractivity contribution in [1.29, 1.82) is 0 Å². The zero-order valence-electron chi connectivity index (χ0n) is 19.5. The van der Waals surface area contributed by atoms with Crippen LogP contribution in [0, 0.1) is 5.92 Å². The van der Waals surface area contributed by atoms with Crippen molar-refractivity contribution in [2.24, 2.45) is 5.92 Å². The fourth-order valence-electron chi connectivity index (χ4n) is 5.28. The molecule has 0 radical (unpaired) electrons. The van der Waals surface area contributed by atoms with Gasteiger partial charge in [0, 0.05) is 23.7 Å². The Morgan fingerprint density at radius 3 is 2.50 bits per heavy atom. The number of fused-ring (bicyclic) bond motifs is 3. The van der Waals surface area contributed by atoms with Gasteiger partial charge in [-0.25, -0.2) is 8.42 Å². The first-order valence-corrected chi connectivity index (χ1v) is 13.3. The van der Waals surface area contributed by atoms with Gasteiger partial charge in [0.15, 0.2) is 0 Å². The molecule has 1 aliphatic carbocycles. The van der Waals surface area contributed by atoms with Crippen LogP contribution in [0.4, 0.5) is 11.4 Å². The summed E-state index contributed by atoms with van der Waals surface area (Å²) in [6.45, 7) is 4.84. The number of nitrogens with zero attached hydrogens (tertiary/aromatic N) is 1. The van der Waals surface area contributed by atoms with Crippen LogP contribution in [0.2, 0.25) is 0 Å². The third kappa shape index (κ3) is 3.86. The third-order valence-corrected chi connectivity index (χ3v) is 8.71. The maximum absolute atomic E-state index is 13.6. The Bertz CT molecular complexity index is 1300. The lowest BCUT2D eigenvalue weighted by atomic mass is 9.77. The Balaban J connectivity index is 1.53. The van der Waals surface area contributed by atoms with Gasteiger partial charge in [-0.3, -0.25) is 4.31 Å². The molecule has 2 aliphatic rings. The molecule has 3 unspecified atom stereocenters. The third-order valence-electron chi connectivity index (χ3n) is 6.81. The highest BCUT2D eigenvalue weighted by molar-refractivity contribution is 7.92. The molecule has 1 N–H and O–H groups in total. The number of anilines is 2. The lowest BCUT2D eigenvalue weighted by Crippen LogP contribution is -2.32. The van der Waals surface area contributed by atoms with Gasteiger partial charge >= 0.3 is 0 Å². The lowest BCUT2D eigenvalue weighted by molar-refractivity contribution is 0.326. The van der Waals surface area contributed by atoms with Crippen LogP contribution in [0.1, 0.15) is 43.4 Å². The SMILES string of the molecule is CCOc1ccccc1C1Nc2ccc(S(=O)(=O)N(CC)c3ccccc3)cc2C2C=CCC21. The summed E-state index contributed by atoms with van der Waals surface area (Å²) in [6.07, 6.45) is 5.38. The van der Waals surface area contributed by atoms with Crippen molar-refractivity contribution in [3.05, 3.63) is 96.1 Å². The highest BCUT2D eigenvalue weighted by Crippen LogP contribution is 2.51. The summed E-state index contributed by atoms with van der Waals surface area (Å²) in [4.78, 5) is 0.325. The van der Waals surface area contributed by atoms with E-state index in [0.29, 0.717) is 29.7 Å². The molecular weight excluding hydrogens is 444 g/mol. The Hall–Kier alpha value is -3.25. The van der Waals surface area contributed by atoms with E-state index >= 15 is 0 Å². The number of nitrogens with one attached hydrogen (secondary N) is 1. The number of ether oxygens (including phenoxy) is 1. The first-order valence-electron chi connectivity index (χ1n) is 11.9. The lowest BCUT2D eigenvalue weighted by Gasteiger charge is -2.38. The molecule has 1 heterocycles. The molecule has 3 aromatic carbocycles. The monoisotopic (exact) mass is 474 g/mol. The second-order valence-corrected chi connectivity index (χ2v) is 10.6. The van der Waals surface area contributed by atoms with Crippen LogP contribution < -0.4 is 14.4 Å². The Labute approximate surface area is 202 Å². The molecule has 5 rings (SSSR count). The van der Waals surface area contributed by atoms with Crippen molar-refractivity contribution < 1.29 is 13.2 Å². The Morgan fingerprint density at radius 2 is 1.74 bits per heavy atom. The largest absolute Gasteiger partial charge is 0.494 e. The summed E-state index contributed by atoms with van der Waals surface area (Å²) >= 11 is 0. The van der Waals surface area contributed by atoms with Gasteiger partial charge in [0.25, 0.3) is 10.0 Å². The van der Waals surface area contributed by atoms with E-state index in [1.807, 2.05) is 74.5 Å². The van der Waals surface area contributed by atoms with E-state index in [9.17, 15) is 8.42 Å². The second kappa shape index (κ2) is 9.18. The number of sulfonamides is 1. The molecule has 1 aliphatic heterocycles. The van der Waals surface area contributed by atoms with Gasteiger partial charge < -0.3 is 10.1 Å². The van der Waals surface area contributed by atoms with Gasteiger partial charge in [-0.15, -0.1) is 0 Å². The number of hydrogen-bond donors (Lipinski definition) is 1. The molecule has 0 saturated heterocycles. The summed E-state index contributed by atoms with van der Waals surface area (Å²) in [7, 11) is -3.68. The fraction of sp³-hybridized carbons (Fsp3) is 0.286. The summed E-state index contributed by atoms with van der Waals surface area (Å²) in [5.41, 5.74) is 3.83. The highest BCUT2D eigenvalue weighted by atomic mass is 32.2. The predicted molar refractivity (Wildman–Crippen MR) is 137 cm³/mol. The van der Waals surface area contributed by atoms with Crippen LogP contribution in [0.15, 0.2) is 89.8 Å². The number of benzene rings is 3. The van der Waals surface area contributed by atoms with Crippen LogP contribution in [-0.2, 0) is 10.0 Å². The molecular formula is C28H30N2O3S. The maximum Gasteiger partial charge on any atom is 0.264 e. The molecule has 0 aromatic heterocycles. The molecule has 0 spiro atoms. The van der Waals surface area contributed by atoms with Crippen molar-refractivity contribution in [1.82, 2.24) is 0 Å². The summed E-state index contributed by atoms with van der Waals surface area (Å²) in [6, 6.07) is 23.1. The summed E-state index contributed by atoms with van der Waals surface area (Å²) in [5.74, 6) is 1.35. The van der Waals surface area contributed by atoms with Crippen LogP contribution in [0.25, 0.3) is 0 Å². The molecule has 5 nitrogen and oxygen atoms in total. The van der Waals surface area contributed by atoms with Crippen LogP contribution in [0.3, 0.4) is 0 Å². The average molecular weight is 475 g/mol. The normalized spacial score (nSPS) is 20.8. The van der Waals surface area contributed by atoms with Crippen molar-refractivity contribution in [3.8, 4) is 5.75 Å². The molecule has 0 amide bonds. The minimum atomic E-state index is -3.68. The van der Waals surface area contributed by atoms with E-state index in [1.54, 1.807) is 6.07 Å². The molecule has 34 heavy (non-hydrogen) atoms. The Kier molecular flexibility index (Phi) is 6.09. The molecule has 3 aromatic rings. The topological polar surface area (TPSA) is 58.6 Å². The summed E-state index contributed by atoms with van der Waals surface area (Å²) in [5, 5.41) is 3.71. The highest BCUT2D eigenvalue weighted by Gasteiger charge is 2.39. The van der Waals surface area contributed by atoms with E-state index in [1.165, 1.54) is 4.31 Å². The predicted octanol–water partition coefficient (Wildman–Crippen LogP) is 6.13. The van der Waals surface area contributed by atoms with Crippen LogP contribution >= 0.6 is 0 Å². The van der Waals surface area contributed by atoms with E-state index < -0.39 is 10.0 Å². The molecule has 0 fully saturated rings. The van der Waals surface area contributed by atoms with Gasteiger partial charge in [-0.2, -0.15) is 0 Å². The smallest absolute Gasteiger partial charge is 0.264 e. The van der Waals surface area contributed by atoms with Gasteiger partial charge in [-0.1, -0.05) is 48.6 Å². The fourth-order valence-corrected chi connectivity index (χ4v) is 6.79. The minimum Gasteiger partial charge on any atom is -0.494 e. The van der Waals surface area contributed by atoms with E-state index in [0.717, 1.165) is 29.0 Å². The van der Waals surface area contributed by atoms with Crippen molar-refractivity contribution >= 4 is 21.4 Å². The minimum absolute atomic E-state index is 0.0918. The number of para-hydroxylation sites is 2. The van der Waals surface area contributed by atoms with Gasteiger partial charge in [-0.05, 0) is 68.1 Å². The quantitative estimate of drug-likeness (QED) is 0.419. The molecule has 6 heteroatoms. The standard InChI is InChI=1S/C28H30N2O3S/c1-3-30(20-11-6-5-7-12-20)34(31,32)21-17-18-26-25(19-21)22-14-10-15-23(22)28(29-26)24-13-8-9-16-27(24)33-4-2/h5-14,16-19,22-23,28-29H,3-4,15H2,1-2H3. The number of hydrogen-bond acceptors (Lipinski definition) is 4. The molecule has 0 saturated carbocycles. The molecule has 3 atom stereocenters. The zero-order chi connectivity index (χ0) is 23.7. The van der Waals surface area contributed by atoms with Gasteiger partial charge in [0.1, 0.15) is 5.75 Å². The zero-order valence-corrected chi connectivity index (χ0v) is 20.3. The average Bonchev–Trinajstić information content (AvgIpc) is 3.35. The maximum atomic E-state index is 13.6. The first-order chi connectivity index (χ1) is 16.5. The summed E-state index contributed by atoms with van der Waals surface area (Å²) < 4.78 is 34.6. The number of rotatable bonds is 7. The molecule has 176 valence electrons. The number of allylic oxidation sites excluding steroid dienone is 2. The van der Waals surface area contributed by atoms with Crippen LogP contribution in [-0.4, -0.2) is 21.6 Å². The molecule has 0 bridgehead atoms. The van der Waals surface area contributed by atoms with Gasteiger partial charge in [0.05, 0.1) is 23.2 Å². The van der Waals surface area contributed by atoms with Crippen molar-refractivity contribution in [3.63, 3.8) is 0 Å². The van der Waals surface area contributed by atoms with Crippen molar-refractivity contribution in [2.75, 3.05) is 22.8 Å². The van der Waals surface area contributed by atoms with E-state index in [2.05, 4.69) is 23.5 Å². The Morgan fingerprint density at radius 1 is 0.971 bits per heavy atom. The second-order valence-electron chi connectivity index (χ2n) is 8.70. The first kappa shape index (κ1) is 22.5. The van der Waals surface area contributed by atoms with E-state index in [4.69, 9.17) is 4.74 Å². The van der Waals surface area contributed by atoms with E-state index in [-0.39, 0.29) is 12.0 Å². The van der Waals surface area contributed by atoms with Gasteiger partial charge in [0.2, 0.25) is 0 Å².